The van der Waals surface area contributed by atoms with Gasteiger partial charge in [0.15, 0.2) is 5.65 Å². The molecule has 1 amide bonds. The minimum absolute atomic E-state index is 0.0251. The van der Waals surface area contributed by atoms with Crippen LogP contribution in [0.15, 0.2) is 54.7 Å². The summed E-state index contributed by atoms with van der Waals surface area (Å²) in [6.07, 6.45) is -8.02. The Bertz CT molecular complexity index is 1420. The summed E-state index contributed by atoms with van der Waals surface area (Å²) < 4.78 is 79.1. The van der Waals surface area contributed by atoms with Crippen LogP contribution < -0.4 is 10.6 Å². The lowest BCUT2D eigenvalue weighted by Gasteiger charge is -2.14. The molecule has 0 bridgehead atoms. The zero-order valence-electron chi connectivity index (χ0n) is 18.4. The van der Waals surface area contributed by atoms with Gasteiger partial charge in [-0.15, -0.1) is 0 Å². The van der Waals surface area contributed by atoms with Crippen molar-refractivity contribution in [3.63, 3.8) is 0 Å². The number of nitrogens with zero attached hydrogens (tertiary/aromatic N) is 4. The third-order valence-electron chi connectivity index (χ3n) is 4.93. The highest BCUT2D eigenvalue weighted by atomic mass is 19.4. The maximum Gasteiger partial charge on any atom is 0.418 e. The van der Waals surface area contributed by atoms with E-state index in [1.54, 1.807) is 6.92 Å². The molecule has 3 aromatic heterocycles. The summed E-state index contributed by atoms with van der Waals surface area (Å²) in [5.41, 5.74) is -2.32. The van der Waals surface area contributed by atoms with E-state index in [1.165, 1.54) is 30.5 Å². The second kappa shape index (κ2) is 9.40. The van der Waals surface area contributed by atoms with Crippen LogP contribution in [-0.4, -0.2) is 32.4 Å². The number of carbonyl (C=O) groups excluding carboxylic acids is 1. The van der Waals surface area contributed by atoms with Crippen LogP contribution in [0.25, 0.3) is 22.4 Å². The van der Waals surface area contributed by atoms with Gasteiger partial charge in [0.1, 0.15) is 11.5 Å². The molecule has 2 N–H and O–H groups in total. The number of anilines is 2. The lowest BCUT2D eigenvalue weighted by molar-refractivity contribution is -0.138. The van der Waals surface area contributed by atoms with Crippen molar-refractivity contribution in [3.05, 3.63) is 71.7 Å². The molecule has 13 heteroatoms. The van der Waals surface area contributed by atoms with Gasteiger partial charge in [0.05, 0.1) is 22.2 Å². The number of nitrogens with one attached hydrogen (secondary N) is 2. The first-order chi connectivity index (χ1) is 17.0. The van der Waals surface area contributed by atoms with E-state index in [9.17, 15) is 31.1 Å². The van der Waals surface area contributed by atoms with Crippen LogP contribution in [0.2, 0.25) is 0 Å². The van der Waals surface area contributed by atoms with Crippen LogP contribution in [0.1, 0.15) is 28.7 Å². The summed E-state index contributed by atoms with van der Waals surface area (Å²) in [5.74, 6) is -0.978. The Morgan fingerprint density at radius 3 is 2.25 bits per heavy atom. The molecule has 0 unspecified atom stereocenters. The smallest absolute Gasteiger partial charge is 0.350 e. The van der Waals surface area contributed by atoms with Crippen molar-refractivity contribution in [1.29, 1.82) is 0 Å². The Labute approximate surface area is 199 Å². The topological polar surface area (TPSA) is 92.7 Å². The predicted molar refractivity (Wildman–Crippen MR) is 118 cm³/mol. The third-order valence-corrected chi connectivity index (χ3v) is 4.93. The SMILES string of the molecule is CCNC(=O)c1nc(Nc2ccc(C(F)(F)F)cc2)c2ccc(-c3ncccc3C(F)(F)F)nc2n1. The highest BCUT2D eigenvalue weighted by Crippen LogP contribution is 2.36. The summed E-state index contributed by atoms with van der Waals surface area (Å²) >= 11 is 0. The monoisotopic (exact) mass is 506 g/mol. The number of aromatic nitrogens is 4. The van der Waals surface area contributed by atoms with E-state index in [2.05, 4.69) is 30.6 Å². The number of halogens is 6. The lowest BCUT2D eigenvalue weighted by Crippen LogP contribution is -2.25. The summed E-state index contributed by atoms with van der Waals surface area (Å²) in [4.78, 5) is 28.7. The fraction of sp³-hybridized carbons (Fsp3) is 0.174. The molecule has 0 spiro atoms. The van der Waals surface area contributed by atoms with Crippen molar-refractivity contribution in [2.24, 2.45) is 0 Å². The number of benzene rings is 1. The standard InChI is InChI=1S/C23H16F6N6O/c1-2-30-21(36)20-34-18(32-13-7-5-12(6-8-13)22(24,25)26)14-9-10-16(33-19(14)35-20)17-15(23(27,28)29)4-3-11-31-17/h3-11H,2H2,1H3,(H,30,36)(H,32,33,34,35). The molecule has 0 fully saturated rings. The zero-order valence-corrected chi connectivity index (χ0v) is 18.4. The average molecular weight is 506 g/mol. The molecule has 0 aliphatic rings. The minimum Gasteiger partial charge on any atom is -0.350 e. The number of alkyl halides is 6. The molecule has 7 nitrogen and oxygen atoms in total. The van der Waals surface area contributed by atoms with Gasteiger partial charge in [0.25, 0.3) is 5.91 Å². The lowest BCUT2D eigenvalue weighted by atomic mass is 10.1. The molecule has 3 heterocycles. The summed E-state index contributed by atoms with van der Waals surface area (Å²) in [5, 5.41) is 5.55. The number of pyridine rings is 2. The van der Waals surface area contributed by atoms with E-state index < -0.39 is 35.1 Å². The van der Waals surface area contributed by atoms with Crippen LogP contribution >= 0.6 is 0 Å². The summed E-state index contributed by atoms with van der Waals surface area (Å²) in [6, 6.07) is 8.77. The Hall–Kier alpha value is -4.29. The maximum atomic E-state index is 13.5. The minimum atomic E-state index is -4.69. The van der Waals surface area contributed by atoms with Crippen molar-refractivity contribution >= 4 is 28.4 Å². The largest absolute Gasteiger partial charge is 0.418 e. The van der Waals surface area contributed by atoms with Gasteiger partial charge in [-0.3, -0.25) is 9.78 Å². The van der Waals surface area contributed by atoms with E-state index in [1.807, 2.05) is 0 Å². The first-order valence-electron chi connectivity index (χ1n) is 10.4. The molecule has 36 heavy (non-hydrogen) atoms. The van der Waals surface area contributed by atoms with Crippen LogP contribution in [0.5, 0.6) is 0 Å². The number of fused-ring (bicyclic) bond motifs is 1. The van der Waals surface area contributed by atoms with E-state index in [4.69, 9.17) is 0 Å². The average Bonchev–Trinajstić information content (AvgIpc) is 2.83. The van der Waals surface area contributed by atoms with Crippen LogP contribution in [-0.2, 0) is 12.4 Å². The van der Waals surface area contributed by atoms with Crippen molar-refractivity contribution in [2.75, 3.05) is 11.9 Å². The molecule has 0 aliphatic heterocycles. The van der Waals surface area contributed by atoms with E-state index >= 15 is 0 Å². The van der Waals surface area contributed by atoms with Gasteiger partial charge in [-0.05, 0) is 55.5 Å². The molecule has 0 atom stereocenters. The molecule has 0 aliphatic carbocycles. The first kappa shape index (κ1) is 24.8. The van der Waals surface area contributed by atoms with Gasteiger partial charge in [-0.25, -0.2) is 15.0 Å². The zero-order chi connectivity index (χ0) is 26.1. The van der Waals surface area contributed by atoms with Gasteiger partial charge in [-0.2, -0.15) is 26.3 Å². The van der Waals surface area contributed by atoms with Gasteiger partial charge in [0.2, 0.25) is 5.82 Å². The molecule has 1 aromatic carbocycles. The molecule has 0 saturated heterocycles. The van der Waals surface area contributed by atoms with Crippen LogP contribution in [0, 0.1) is 0 Å². The summed E-state index contributed by atoms with van der Waals surface area (Å²) in [7, 11) is 0. The first-order valence-corrected chi connectivity index (χ1v) is 10.4. The molecule has 186 valence electrons. The van der Waals surface area contributed by atoms with Gasteiger partial charge in [-0.1, -0.05) is 0 Å². The maximum absolute atomic E-state index is 13.5. The molecule has 4 aromatic rings. The number of hydrogen-bond donors (Lipinski definition) is 2. The normalized spacial score (nSPS) is 12.0. The van der Waals surface area contributed by atoms with Crippen LogP contribution in [0.4, 0.5) is 37.8 Å². The molecule has 4 rings (SSSR count). The van der Waals surface area contributed by atoms with Gasteiger partial charge >= 0.3 is 12.4 Å². The number of carbonyl (C=O) groups is 1. The molecule has 0 saturated carbocycles. The summed E-state index contributed by atoms with van der Waals surface area (Å²) in [6.45, 7) is 1.91. The quantitative estimate of drug-likeness (QED) is 0.342. The second-order valence-electron chi connectivity index (χ2n) is 7.42. The number of hydrogen-bond acceptors (Lipinski definition) is 6. The van der Waals surface area contributed by atoms with Crippen LogP contribution in [0.3, 0.4) is 0 Å². The molecule has 0 radical (unpaired) electrons. The Balaban J connectivity index is 1.83. The fourth-order valence-corrected chi connectivity index (χ4v) is 3.30. The van der Waals surface area contributed by atoms with E-state index in [0.717, 1.165) is 24.3 Å². The number of rotatable bonds is 5. The fourth-order valence-electron chi connectivity index (χ4n) is 3.30. The number of amides is 1. The van der Waals surface area contributed by atoms with Crippen molar-refractivity contribution < 1.29 is 31.1 Å². The Morgan fingerprint density at radius 2 is 1.61 bits per heavy atom. The van der Waals surface area contributed by atoms with E-state index in [-0.39, 0.29) is 40.6 Å². The highest BCUT2D eigenvalue weighted by molar-refractivity contribution is 5.96. The van der Waals surface area contributed by atoms with Crippen molar-refractivity contribution in [2.45, 2.75) is 19.3 Å². The molecular weight excluding hydrogens is 490 g/mol. The van der Waals surface area contributed by atoms with Crippen molar-refractivity contribution in [3.8, 4) is 11.4 Å². The van der Waals surface area contributed by atoms with Gasteiger partial charge in [0, 0.05) is 18.4 Å². The third kappa shape index (κ3) is 5.19. The Kier molecular flexibility index (Phi) is 6.48. The highest BCUT2D eigenvalue weighted by Gasteiger charge is 2.35. The predicted octanol–water partition coefficient (Wildman–Crippen LogP) is 5.62. The molecular formula is C23H16F6N6O. The van der Waals surface area contributed by atoms with Crippen molar-refractivity contribution in [1.82, 2.24) is 25.3 Å². The Morgan fingerprint density at radius 1 is 0.889 bits per heavy atom. The van der Waals surface area contributed by atoms with E-state index in [0.29, 0.717) is 0 Å². The second-order valence-corrected chi connectivity index (χ2v) is 7.42. The van der Waals surface area contributed by atoms with Gasteiger partial charge < -0.3 is 10.6 Å².